The Balaban J connectivity index is 1.45. The Morgan fingerprint density at radius 2 is 1.80 bits per heavy atom. The van der Waals surface area contributed by atoms with Crippen molar-refractivity contribution in [2.75, 3.05) is 18.1 Å². The van der Waals surface area contributed by atoms with Crippen LogP contribution in [0.15, 0.2) is 53.1 Å². The van der Waals surface area contributed by atoms with Crippen LogP contribution in [-0.4, -0.2) is 35.3 Å². The molecule has 7 heteroatoms. The van der Waals surface area contributed by atoms with Crippen molar-refractivity contribution < 1.29 is 18.8 Å². The van der Waals surface area contributed by atoms with Gasteiger partial charge in [-0.1, -0.05) is 5.16 Å². The molecule has 1 aromatic heterocycles. The number of hydrogen-bond acceptors (Lipinski definition) is 6. The molecule has 7 nitrogen and oxygen atoms in total. The van der Waals surface area contributed by atoms with Gasteiger partial charge >= 0.3 is 0 Å². The Morgan fingerprint density at radius 1 is 1.10 bits per heavy atom. The van der Waals surface area contributed by atoms with Crippen molar-refractivity contribution in [3.63, 3.8) is 0 Å². The average molecular weight is 407 g/mol. The lowest BCUT2D eigenvalue weighted by Gasteiger charge is -2.16. The summed E-state index contributed by atoms with van der Waals surface area (Å²) >= 11 is 0. The van der Waals surface area contributed by atoms with Crippen LogP contribution >= 0.6 is 0 Å². The first-order chi connectivity index (χ1) is 14.5. The van der Waals surface area contributed by atoms with E-state index in [0.29, 0.717) is 31.3 Å². The van der Waals surface area contributed by atoms with Crippen LogP contribution in [0.4, 0.5) is 5.69 Å². The second kappa shape index (κ2) is 8.57. The molecule has 4 rings (SSSR count). The summed E-state index contributed by atoms with van der Waals surface area (Å²) in [7, 11) is 0. The molecule has 0 bridgehead atoms. The minimum absolute atomic E-state index is 0.0408. The van der Waals surface area contributed by atoms with Gasteiger partial charge in [0.05, 0.1) is 18.6 Å². The summed E-state index contributed by atoms with van der Waals surface area (Å²) in [5.41, 5.74) is 1.68. The number of rotatable bonds is 7. The number of carbonyl (C=O) groups is 1. The summed E-state index contributed by atoms with van der Waals surface area (Å²) in [5.74, 6) is 2.48. The zero-order valence-corrected chi connectivity index (χ0v) is 17.4. The van der Waals surface area contributed by atoms with E-state index in [0.717, 1.165) is 22.7 Å². The lowest BCUT2D eigenvalue weighted by molar-refractivity contribution is -0.117. The number of aromatic nitrogens is 2. The topological polar surface area (TPSA) is 77.7 Å². The zero-order valence-electron chi connectivity index (χ0n) is 17.4. The Labute approximate surface area is 175 Å². The third-order valence-corrected chi connectivity index (χ3v) is 4.86. The van der Waals surface area contributed by atoms with Crippen molar-refractivity contribution >= 4 is 11.6 Å². The van der Waals surface area contributed by atoms with Gasteiger partial charge in [0.25, 0.3) is 0 Å². The number of benzene rings is 2. The maximum absolute atomic E-state index is 12.6. The molecule has 0 aliphatic carbocycles. The van der Waals surface area contributed by atoms with Crippen LogP contribution in [-0.2, 0) is 4.79 Å². The Hall–Kier alpha value is -3.35. The van der Waals surface area contributed by atoms with Crippen LogP contribution in [0.5, 0.6) is 11.5 Å². The van der Waals surface area contributed by atoms with Crippen molar-refractivity contribution in [1.29, 1.82) is 0 Å². The number of anilines is 1. The fourth-order valence-corrected chi connectivity index (χ4v) is 3.48. The van der Waals surface area contributed by atoms with Gasteiger partial charge in [-0.3, -0.25) is 4.79 Å². The normalized spacial score (nSPS) is 16.3. The van der Waals surface area contributed by atoms with Crippen molar-refractivity contribution in [3.05, 3.63) is 54.4 Å². The highest BCUT2D eigenvalue weighted by Gasteiger charge is 2.35. The summed E-state index contributed by atoms with van der Waals surface area (Å²) in [6.45, 7) is 7.03. The molecule has 0 N–H and O–H groups in total. The van der Waals surface area contributed by atoms with Crippen molar-refractivity contribution in [2.24, 2.45) is 0 Å². The van der Waals surface area contributed by atoms with Crippen LogP contribution in [0.1, 0.15) is 39.0 Å². The van der Waals surface area contributed by atoms with Gasteiger partial charge in [-0.2, -0.15) is 4.98 Å². The molecule has 2 heterocycles. The third kappa shape index (κ3) is 4.30. The number of ether oxygens (including phenoxy) is 2. The van der Waals surface area contributed by atoms with Gasteiger partial charge in [-0.15, -0.1) is 0 Å². The van der Waals surface area contributed by atoms with Gasteiger partial charge in [0.15, 0.2) is 0 Å². The molecule has 1 unspecified atom stereocenters. The van der Waals surface area contributed by atoms with Crippen molar-refractivity contribution in [1.82, 2.24) is 10.1 Å². The first-order valence-electron chi connectivity index (χ1n) is 10.2. The van der Waals surface area contributed by atoms with E-state index in [2.05, 4.69) is 10.1 Å². The second-order valence-electron chi connectivity index (χ2n) is 7.48. The van der Waals surface area contributed by atoms with Crippen molar-refractivity contribution in [3.8, 4) is 22.9 Å². The fraction of sp³-hybridized carbons (Fsp3) is 0.348. The summed E-state index contributed by atoms with van der Waals surface area (Å²) < 4.78 is 16.6. The van der Waals surface area contributed by atoms with Gasteiger partial charge in [-0.25, -0.2) is 0 Å². The highest BCUT2D eigenvalue weighted by molar-refractivity contribution is 5.96. The van der Waals surface area contributed by atoms with Crippen LogP contribution in [0, 0.1) is 0 Å². The van der Waals surface area contributed by atoms with Gasteiger partial charge in [-0.05, 0) is 69.3 Å². The van der Waals surface area contributed by atoms with Crippen LogP contribution < -0.4 is 14.4 Å². The largest absolute Gasteiger partial charge is 0.494 e. The molecule has 0 saturated carbocycles. The molecule has 0 spiro atoms. The standard InChI is InChI=1S/C23H25N3O4/c1-4-28-19-11-7-18(8-12-19)26-14-17(13-21(26)27)23-24-22(25-30-23)16-5-9-20(10-6-16)29-15(2)3/h5-12,15,17H,4,13-14H2,1-3H3. The summed E-state index contributed by atoms with van der Waals surface area (Å²) in [5, 5.41) is 4.10. The van der Waals surface area contributed by atoms with Crippen LogP contribution in [0.3, 0.4) is 0 Å². The summed E-state index contributed by atoms with van der Waals surface area (Å²) in [6.07, 6.45) is 0.460. The molecule has 2 aromatic carbocycles. The van der Waals surface area contributed by atoms with E-state index < -0.39 is 0 Å². The SMILES string of the molecule is CCOc1ccc(N2CC(c3nc(-c4ccc(OC(C)C)cc4)no3)CC2=O)cc1. The second-order valence-corrected chi connectivity index (χ2v) is 7.48. The van der Waals surface area contributed by atoms with E-state index in [-0.39, 0.29) is 17.9 Å². The smallest absolute Gasteiger partial charge is 0.232 e. The average Bonchev–Trinajstić information content (AvgIpc) is 3.36. The van der Waals surface area contributed by atoms with E-state index in [4.69, 9.17) is 14.0 Å². The molecule has 1 aliphatic rings. The lowest BCUT2D eigenvalue weighted by atomic mass is 10.1. The number of amides is 1. The zero-order chi connectivity index (χ0) is 21.1. The molecule has 1 amide bonds. The van der Waals surface area contributed by atoms with Crippen LogP contribution in [0.25, 0.3) is 11.4 Å². The molecule has 30 heavy (non-hydrogen) atoms. The Morgan fingerprint density at radius 3 is 2.47 bits per heavy atom. The monoisotopic (exact) mass is 407 g/mol. The molecular formula is C23H25N3O4. The molecule has 1 fully saturated rings. The molecule has 1 saturated heterocycles. The fourth-order valence-electron chi connectivity index (χ4n) is 3.48. The number of hydrogen-bond donors (Lipinski definition) is 0. The number of carbonyl (C=O) groups excluding carboxylic acids is 1. The molecule has 1 atom stereocenters. The summed E-state index contributed by atoms with van der Waals surface area (Å²) in [6, 6.07) is 15.1. The predicted molar refractivity (Wildman–Crippen MR) is 113 cm³/mol. The maximum atomic E-state index is 12.6. The Kier molecular flexibility index (Phi) is 5.70. The van der Waals surface area contributed by atoms with Crippen LogP contribution in [0.2, 0.25) is 0 Å². The van der Waals surface area contributed by atoms with Gasteiger partial charge in [0.1, 0.15) is 11.5 Å². The third-order valence-electron chi connectivity index (χ3n) is 4.86. The van der Waals surface area contributed by atoms with Gasteiger partial charge in [0, 0.05) is 24.2 Å². The van der Waals surface area contributed by atoms with E-state index in [1.165, 1.54) is 0 Å². The highest BCUT2D eigenvalue weighted by Crippen LogP contribution is 2.33. The molecule has 0 radical (unpaired) electrons. The van der Waals surface area contributed by atoms with E-state index in [9.17, 15) is 4.79 Å². The quantitative estimate of drug-likeness (QED) is 0.576. The number of nitrogens with zero attached hydrogens (tertiary/aromatic N) is 3. The summed E-state index contributed by atoms with van der Waals surface area (Å²) in [4.78, 5) is 18.9. The van der Waals surface area contributed by atoms with Gasteiger partial charge in [0.2, 0.25) is 17.6 Å². The van der Waals surface area contributed by atoms with E-state index in [1.54, 1.807) is 4.90 Å². The van der Waals surface area contributed by atoms with E-state index >= 15 is 0 Å². The van der Waals surface area contributed by atoms with Gasteiger partial charge < -0.3 is 18.9 Å². The van der Waals surface area contributed by atoms with Crippen molar-refractivity contribution in [2.45, 2.75) is 39.2 Å². The Bertz CT molecular complexity index is 996. The van der Waals surface area contributed by atoms with E-state index in [1.807, 2.05) is 69.3 Å². The maximum Gasteiger partial charge on any atom is 0.232 e. The minimum atomic E-state index is -0.131. The first-order valence-corrected chi connectivity index (χ1v) is 10.2. The predicted octanol–water partition coefficient (Wildman–Crippen LogP) is 4.44. The molecular weight excluding hydrogens is 382 g/mol. The molecule has 3 aromatic rings. The molecule has 1 aliphatic heterocycles. The lowest BCUT2D eigenvalue weighted by Crippen LogP contribution is -2.24. The highest BCUT2D eigenvalue weighted by atomic mass is 16.5. The first kappa shape index (κ1) is 19.9. The molecule has 156 valence electrons. The minimum Gasteiger partial charge on any atom is -0.494 e.